The van der Waals surface area contributed by atoms with Gasteiger partial charge in [0.05, 0.1) is 4.91 Å². The average Bonchev–Trinajstić information content (AvgIpc) is 3.15. The number of anilines is 1. The molecule has 128 valence electrons. The third-order valence-electron chi connectivity index (χ3n) is 3.78. The molecule has 1 N–H and O–H groups in total. The minimum Gasteiger partial charge on any atom is -0.325 e. The standard InChI is InChI=1S/C18H16N2O2S3/c1-11-5-6-13(8-12(11)2)19-16(21)10-20-17(22)15(25-18(20)23)9-14-4-3-7-24-14/h3-9H,10H2,1-2H3,(H,19,21)/b15-9+. The van der Waals surface area contributed by atoms with Crippen molar-refractivity contribution in [1.29, 1.82) is 0 Å². The lowest BCUT2D eigenvalue weighted by Crippen LogP contribution is -2.36. The SMILES string of the molecule is Cc1ccc(NC(=O)CN2C(=O)/C(=C\c3cccs3)SC2=S)cc1C. The van der Waals surface area contributed by atoms with Crippen LogP contribution in [0.25, 0.3) is 6.08 Å². The van der Waals surface area contributed by atoms with E-state index in [0.717, 1.165) is 16.0 Å². The summed E-state index contributed by atoms with van der Waals surface area (Å²) in [6.45, 7) is 3.92. The van der Waals surface area contributed by atoms with E-state index in [4.69, 9.17) is 12.2 Å². The van der Waals surface area contributed by atoms with Crippen LogP contribution < -0.4 is 5.32 Å². The Balaban J connectivity index is 1.67. The van der Waals surface area contributed by atoms with Crippen molar-refractivity contribution < 1.29 is 9.59 Å². The summed E-state index contributed by atoms with van der Waals surface area (Å²) in [5.74, 6) is -0.490. The van der Waals surface area contributed by atoms with Gasteiger partial charge >= 0.3 is 0 Å². The first-order valence-corrected chi connectivity index (χ1v) is 9.70. The minimum absolute atomic E-state index is 0.0840. The number of nitrogens with one attached hydrogen (secondary N) is 1. The van der Waals surface area contributed by atoms with Crippen LogP contribution in [0.3, 0.4) is 0 Å². The van der Waals surface area contributed by atoms with E-state index in [2.05, 4.69) is 5.32 Å². The number of benzene rings is 1. The molecule has 1 fully saturated rings. The number of thioether (sulfide) groups is 1. The molecule has 1 saturated heterocycles. The Bertz CT molecular complexity index is 872. The zero-order chi connectivity index (χ0) is 18.0. The van der Waals surface area contributed by atoms with Crippen LogP contribution >= 0.6 is 35.3 Å². The van der Waals surface area contributed by atoms with Crippen molar-refractivity contribution in [2.24, 2.45) is 0 Å². The lowest BCUT2D eigenvalue weighted by Gasteiger charge is -2.14. The molecule has 7 heteroatoms. The van der Waals surface area contributed by atoms with Gasteiger partial charge in [-0.2, -0.15) is 0 Å². The molecule has 2 aromatic rings. The van der Waals surface area contributed by atoms with Gasteiger partial charge in [-0.3, -0.25) is 14.5 Å². The summed E-state index contributed by atoms with van der Waals surface area (Å²) >= 11 is 8.04. The lowest BCUT2D eigenvalue weighted by atomic mass is 10.1. The molecule has 3 rings (SSSR count). The number of thiocarbonyl (C=S) groups is 1. The molecule has 1 aromatic heterocycles. The smallest absolute Gasteiger partial charge is 0.266 e. The molecule has 0 unspecified atom stereocenters. The van der Waals surface area contributed by atoms with Crippen molar-refractivity contribution >= 4 is 63.2 Å². The van der Waals surface area contributed by atoms with Gasteiger partial charge in [0.2, 0.25) is 5.91 Å². The molecule has 25 heavy (non-hydrogen) atoms. The molecular formula is C18H16N2O2S3. The van der Waals surface area contributed by atoms with Gasteiger partial charge in [0.15, 0.2) is 0 Å². The van der Waals surface area contributed by atoms with Crippen LogP contribution in [-0.4, -0.2) is 27.6 Å². The van der Waals surface area contributed by atoms with E-state index in [1.165, 1.54) is 16.7 Å². The second-order valence-corrected chi connectivity index (χ2v) is 8.29. The number of aryl methyl sites for hydroxylation is 2. The van der Waals surface area contributed by atoms with Crippen LogP contribution in [0, 0.1) is 13.8 Å². The molecule has 0 bridgehead atoms. The largest absolute Gasteiger partial charge is 0.325 e. The number of amides is 2. The fraction of sp³-hybridized carbons (Fsp3) is 0.167. The summed E-state index contributed by atoms with van der Waals surface area (Å²) in [4.78, 5) is 27.7. The summed E-state index contributed by atoms with van der Waals surface area (Å²) < 4.78 is 0.406. The Morgan fingerprint density at radius 3 is 2.76 bits per heavy atom. The fourth-order valence-corrected chi connectivity index (χ4v) is 4.28. The predicted octanol–water partition coefficient (Wildman–Crippen LogP) is 4.20. The average molecular weight is 389 g/mol. The molecule has 0 atom stereocenters. The Morgan fingerprint density at radius 1 is 1.28 bits per heavy atom. The monoisotopic (exact) mass is 388 g/mol. The normalized spacial score (nSPS) is 15.9. The highest BCUT2D eigenvalue weighted by Crippen LogP contribution is 2.33. The number of rotatable bonds is 4. The number of carbonyl (C=O) groups is 2. The van der Waals surface area contributed by atoms with Crippen molar-refractivity contribution in [2.45, 2.75) is 13.8 Å². The van der Waals surface area contributed by atoms with Gasteiger partial charge in [-0.15, -0.1) is 11.3 Å². The first kappa shape index (κ1) is 17.8. The van der Waals surface area contributed by atoms with Crippen molar-refractivity contribution in [1.82, 2.24) is 4.90 Å². The molecule has 1 aromatic carbocycles. The van der Waals surface area contributed by atoms with Crippen LogP contribution in [0.15, 0.2) is 40.6 Å². The molecular weight excluding hydrogens is 372 g/mol. The van der Waals surface area contributed by atoms with Gasteiger partial charge in [-0.05, 0) is 54.6 Å². The molecule has 0 radical (unpaired) electrons. The number of hydrogen-bond donors (Lipinski definition) is 1. The Hall–Kier alpha value is -1.96. The van der Waals surface area contributed by atoms with Gasteiger partial charge in [0, 0.05) is 10.6 Å². The zero-order valence-electron chi connectivity index (χ0n) is 13.7. The first-order chi connectivity index (χ1) is 11.9. The summed E-state index contributed by atoms with van der Waals surface area (Å²) in [5.41, 5.74) is 2.98. The Labute approximate surface area is 159 Å². The van der Waals surface area contributed by atoms with E-state index in [-0.39, 0.29) is 18.4 Å². The van der Waals surface area contributed by atoms with Crippen molar-refractivity contribution in [3.05, 3.63) is 56.6 Å². The number of nitrogens with zero attached hydrogens (tertiary/aromatic N) is 1. The summed E-state index contributed by atoms with van der Waals surface area (Å²) in [7, 11) is 0. The van der Waals surface area contributed by atoms with Crippen LogP contribution in [0.4, 0.5) is 5.69 Å². The maximum absolute atomic E-state index is 12.5. The highest BCUT2D eigenvalue weighted by atomic mass is 32.2. The molecule has 2 heterocycles. The lowest BCUT2D eigenvalue weighted by molar-refractivity contribution is -0.126. The van der Waals surface area contributed by atoms with E-state index in [1.807, 2.05) is 55.6 Å². The van der Waals surface area contributed by atoms with Crippen molar-refractivity contribution in [3.8, 4) is 0 Å². The highest BCUT2D eigenvalue weighted by Gasteiger charge is 2.33. The fourth-order valence-electron chi connectivity index (χ4n) is 2.30. The van der Waals surface area contributed by atoms with Gasteiger partial charge in [0.25, 0.3) is 5.91 Å². The van der Waals surface area contributed by atoms with Crippen LogP contribution in [0.1, 0.15) is 16.0 Å². The highest BCUT2D eigenvalue weighted by molar-refractivity contribution is 8.26. The molecule has 2 amide bonds. The molecule has 0 spiro atoms. The molecule has 0 saturated carbocycles. The Morgan fingerprint density at radius 2 is 2.08 bits per heavy atom. The summed E-state index contributed by atoms with van der Waals surface area (Å²) in [6.07, 6.45) is 1.81. The first-order valence-electron chi connectivity index (χ1n) is 7.60. The summed E-state index contributed by atoms with van der Waals surface area (Å²) in [6, 6.07) is 9.57. The third kappa shape index (κ3) is 4.18. The quantitative estimate of drug-likeness (QED) is 0.630. The van der Waals surface area contributed by atoms with E-state index in [1.54, 1.807) is 11.3 Å². The van der Waals surface area contributed by atoms with Gasteiger partial charge in [-0.25, -0.2) is 0 Å². The maximum atomic E-state index is 12.5. The van der Waals surface area contributed by atoms with Crippen LogP contribution in [0.5, 0.6) is 0 Å². The number of hydrogen-bond acceptors (Lipinski definition) is 5. The minimum atomic E-state index is -0.267. The molecule has 4 nitrogen and oxygen atoms in total. The van der Waals surface area contributed by atoms with E-state index in [0.29, 0.717) is 14.9 Å². The van der Waals surface area contributed by atoms with E-state index in [9.17, 15) is 9.59 Å². The Kier molecular flexibility index (Phi) is 5.36. The topological polar surface area (TPSA) is 49.4 Å². The molecule has 0 aliphatic carbocycles. The van der Waals surface area contributed by atoms with Crippen molar-refractivity contribution in [3.63, 3.8) is 0 Å². The molecule has 1 aliphatic heterocycles. The van der Waals surface area contributed by atoms with Crippen molar-refractivity contribution in [2.75, 3.05) is 11.9 Å². The van der Waals surface area contributed by atoms with Gasteiger partial charge in [0.1, 0.15) is 10.9 Å². The number of thiophene rings is 1. The van der Waals surface area contributed by atoms with E-state index < -0.39 is 0 Å². The third-order valence-corrected chi connectivity index (χ3v) is 5.98. The van der Waals surface area contributed by atoms with Gasteiger partial charge < -0.3 is 5.32 Å². The van der Waals surface area contributed by atoms with Crippen LogP contribution in [-0.2, 0) is 9.59 Å². The second-order valence-electron chi connectivity index (χ2n) is 5.63. The zero-order valence-corrected chi connectivity index (χ0v) is 16.2. The van der Waals surface area contributed by atoms with Crippen LogP contribution in [0.2, 0.25) is 0 Å². The number of carbonyl (C=O) groups excluding carboxylic acids is 2. The second kappa shape index (κ2) is 7.51. The summed E-state index contributed by atoms with van der Waals surface area (Å²) in [5, 5.41) is 4.77. The predicted molar refractivity (Wildman–Crippen MR) is 109 cm³/mol. The maximum Gasteiger partial charge on any atom is 0.266 e. The molecule has 1 aliphatic rings. The van der Waals surface area contributed by atoms with Gasteiger partial charge in [-0.1, -0.05) is 36.1 Å². The van der Waals surface area contributed by atoms with E-state index >= 15 is 0 Å².